The average molecular weight is 337 g/mol. The normalized spacial score (nSPS) is 12.1. The first-order valence-electron chi connectivity index (χ1n) is 8.54. The van der Waals surface area contributed by atoms with Gasteiger partial charge in [0.25, 0.3) is 5.91 Å². The highest BCUT2D eigenvalue weighted by molar-refractivity contribution is 5.97. The smallest absolute Gasteiger partial charge is 0.255 e. The van der Waals surface area contributed by atoms with E-state index in [1.165, 1.54) is 0 Å². The quantitative estimate of drug-likeness (QED) is 0.741. The Kier molecular flexibility index (Phi) is 5.03. The molecular weight excluding hydrogens is 314 g/mol. The molecule has 0 aliphatic heterocycles. The van der Waals surface area contributed by atoms with Crippen LogP contribution in [0.4, 0.5) is 0 Å². The second-order valence-corrected chi connectivity index (χ2v) is 6.01. The Labute approximate surface area is 147 Å². The third kappa shape index (κ3) is 3.36. The minimum absolute atomic E-state index is 0.167. The van der Waals surface area contributed by atoms with Crippen LogP contribution in [0, 0.1) is 0 Å². The number of carbonyl (C=O) groups excluding carboxylic acids is 1. The maximum Gasteiger partial charge on any atom is 0.255 e. The number of imidazole rings is 1. The van der Waals surface area contributed by atoms with Gasteiger partial charge in [-0.1, -0.05) is 31.2 Å². The first-order chi connectivity index (χ1) is 12.2. The Bertz CT molecular complexity index is 886. The Morgan fingerprint density at radius 3 is 2.68 bits per heavy atom. The molecule has 3 rings (SSSR count). The molecule has 1 amide bonds. The summed E-state index contributed by atoms with van der Waals surface area (Å²) < 4.78 is 7.47. The van der Waals surface area contributed by atoms with Crippen molar-refractivity contribution in [3.8, 4) is 5.75 Å². The third-order valence-corrected chi connectivity index (χ3v) is 4.22. The number of methoxy groups -OCH3 is 1. The number of hydrogen-bond acceptors (Lipinski definition) is 3. The van der Waals surface area contributed by atoms with Crippen LogP contribution in [0.25, 0.3) is 11.0 Å². The number of nitrogens with zero attached hydrogens (tertiary/aromatic N) is 2. The summed E-state index contributed by atoms with van der Waals surface area (Å²) in [5, 5.41) is 3.04. The minimum Gasteiger partial charge on any atom is -0.496 e. The Hall–Kier alpha value is -2.82. The van der Waals surface area contributed by atoms with Crippen molar-refractivity contribution in [2.24, 2.45) is 0 Å². The predicted molar refractivity (Wildman–Crippen MR) is 98.9 cm³/mol. The van der Waals surface area contributed by atoms with Crippen molar-refractivity contribution in [3.63, 3.8) is 0 Å². The van der Waals surface area contributed by atoms with Crippen LogP contribution < -0.4 is 10.1 Å². The second-order valence-electron chi connectivity index (χ2n) is 6.01. The van der Waals surface area contributed by atoms with Crippen LogP contribution >= 0.6 is 0 Å². The maximum atomic E-state index is 12.7. The summed E-state index contributed by atoms with van der Waals surface area (Å²) in [5.41, 5.74) is 2.57. The molecule has 1 aromatic heterocycles. The average Bonchev–Trinajstić information content (AvgIpc) is 3.01. The molecule has 0 unspecified atom stereocenters. The third-order valence-electron chi connectivity index (χ3n) is 4.22. The molecule has 2 aromatic carbocycles. The van der Waals surface area contributed by atoms with Crippen molar-refractivity contribution in [2.75, 3.05) is 7.11 Å². The number of nitrogens with one attached hydrogen (secondary N) is 1. The maximum absolute atomic E-state index is 12.7. The van der Waals surface area contributed by atoms with E-state index in [0.717, 1.165) is 29.8 Å². The lowest BCUT2D eigenvalue weighted by Gasteiger charge is -2.17. The fraction of sp³-hybridized carbons (Fsp3) is 0.300. The standard InChI is InChI=1S/C20H23N3O2/c1-4-13-23-17-11-7-6-10-16(17)22-19(23)14(2)21-20(24)15-9-5-8-12-18(15)25-3/h5-12,14H,4,13H2,1-3H3,(H,21,24)/t14-/m1/s1. The van der Waals surface area contributed by atoms with Crippen molar-refractivity contribution < 1.29 is 9.53 Å². The minimum atomic E-state index is -0.212. The van der Waals surface area contributed by atoms with E-state index in [1.54, 1.807) is 19.2 Å². The number of benzene rings is 2. The van der Waals surface area contributed by atoms with E-state index in [2.05, 4.69) is 22.9 Å². The van der Waals surface area contributed by atoms with Crippen molar-refractivity contribution in [1.82, 2.24) is 14.9 Å². The number of ether oxygens (including phenoxy) is 1. The van der Waals surface area contributed by atoms with Gasteiger partial charge in [-0.05, 0) is 37.6 Å². The summed E-state index contributed by atoms with van der Waals surface area (Å²) in [6.07, 6.45) is 1.00. The van der Waals surface area contributed by atoms with Crippen molar-refractivity contribution in [2.45, 2.75) is 32.9 Å². The monoisotopic (exact) mass is 337 g/mol. The molecule has 0 saturated heterocycles. The summed E-state index contributed by atoms with van der Waals surface area (Å²) in [6.45, 7) is 4.96. The Morgan fingerprint density at radius 1 is 1.20 bits per heavy atom. The molecule has 0 aliphatic carbocycles. The molecule has 0 fully saturated rings. The van der Waals surface area contributed by atoms with Gasteiger partial charge in [0.05, 0.1) is 29.7 Å². The molecule has 0 aliphatic rings. The lowest BCUT2D eigenvalue weighted by Crippen LogP contribution is -2.29. The summed E-state index contributed by atoms with van der Waals surface area (Å²) in [4.78, 5) is 17.4. The molecule has 0 saturated carbocycles. The Morgan fingerprint density at radius 2 is 1.92 bits per heavy atom. The number of carbonyl (C=O) groups is 1. The number of hydrogen-bond donors (Lipinski definition) is 1. The summed E-state index contributed by atoms with van der Waals surface area (Å²) in [5.74, 6) is 1.26. The SMILES string of the molecule is CCCn1c([C@@H](C)NC(=O)c2ccccc2OC)nc2ccccc21. The zero-order chi connectivity index (χ0) is 17.8. The van der Waals surface area contributed by atoms with Crippen LogP contribution in [0.1, 0.15) is 42.5 Å². The van der Waals surface area contributed by atoms with Crippen molar-refractivity contribution >= 4 is 16.9 Å². The van der Waals surface area contributed by atoms with Gasteiger partial charge in [0.1, 0.15) is 11.6 Å². The summed E-state index contributed by atoms with van der Waals surface area (Å²) >= 11 is 0. The highest BCUT2D eigenvalue weighted by Crippen LogP contribution is 2.23. The van der Waals surface area contributed by atoms with Gasteiger partial charge in [0, 0.05) is 6.54 Å². The van der Waals surface area contributed by atoms with E-state index in [0.29, 0.717) is 11.3 Å². The topological polar surface area (TPSA) is 56.2 Å². The van der Waals surface area contributed by atoms with Gasteiger partial charge in [-0.2, -0.15) is 0 Å². The van der Waals surface area contributed by atoms with Gasteiger partial charge < -0.3 is 14.6 Å². The van der Waals surface area contributed by atoms with Gasteiger partial charge >= 0.3 is 0 Å². The number of rotatable bonds is 6. The fourth-order valence-electron chi connectivity index (χ4n) is 3.05. The molecule has 130 valence electrons. The molecule has 1 atom stereocenters. The van der Waals surface area contributed by atoms with Crippen molar-refractivity contribution in [3.05, 3.63) is 59.9 Å². The number of aryl methyl sites for hydroxylation is 1. The highest BCUT2D eigenvalue weighted by atomic mass is 16.5. The number of aromatic nitrogens is 2. The van der Waals surface area contributed by atoms with E-state index in [-0.39, 0.29) is 11.9 Å². The van der Waals surface area contributed by atoms with E-state index in [4.69, 9.17) is 9.72 Å². The summed E-state index contributed by atoms with van der Waals surface area (Å²) in [6, 6.07) is 15.1. The Balaban J connectivity index is 1.90. The van der Waals surface area contributed by atoms with Crippen LogP contribution in [0.5, 0.6) is 5.75 Å². The van der Waals surface area contributed by atoms with Gasteiger partial charge in [-0.15, -0.1) is 0 Å². The van der Waals surface area contributed by atoms with Crippen LogP contribution in [0.15, 0.2) is 48.5 Å². The van der Waals surface area contributed by atoms with Gasteiger partial charge in [0.15, 0.2) is 0 Å². The molecular formula is C20H23N3O2. The number of amides is 1. The highest BCUT2D eigenvalue weighted by Gasteiger charge is 2.20. The molecule has 1 heterocycles. The van der Waals surface area contributed by atoms with Gasteiger partial charge in [-0.25, -0.2) is 4.98 Å². The molecule has 25 heavy (non-hydrogen) atoms. The molecule has 5 nitrogen and oxygen atoms in total. The zero-order valence-electron chi connectivity index (χ0n) is 14.8. The number of para-hydroxylation sites is 3. The second kappa shape index (κ2) is 7.38. The lowest BCUT2D eigenvalue weighted by molar-refractivity contribution is 0.0934. The molecule has 3 aromatic rings. The van der Waals surface area contributed by atoms with E-state index in [9.17, 15) is 4.79 Å². The predicted octanol–water partition coefficient (Wildman–Crippen LogP) is 3.95. The molecule has 1 N–H and O–H groups in total. The first kappa shape index (κ1) is 17.0. The summed E-state index contributed by atoms with van der Waals surface area (Å²) in [7, 11) is 1.57. The van der Waals surface area contributed by atoms with Gasteiger partial charge in [-0.3, -0.25) is 4.79 Å². The fourth-order valence-corrected chi connectivity index (χ4v) is 3.05. The lowest BCUT2D eigenvalue weighted by atomic mass is 10.1. The van der Waals surface area contributed by atoms with Gasteiger partial charge in [0.2, 0.25) is 0 Å². The zero-order valence-corrected chi connectivity index (χ0v) is 14.8. The molecule has 0 radical (unpaired) electrons. The van der Waals surface area contributed by atoms with Crippen LogP contribution in [-0.2, 0) is 6.54 Å². The molecule has 5 heteroatoms. The largest absolute Gasteiger partial charge is 0.496 e. The van der Waals surface area contributed by atoms with E-state index in [1.807, 2.05) is 37.3 Å². The number of fused-ring (bicyclic) bond motifs is 1. The van der Waals surface area contributed by atoms with Crippen LogP contribution in [0.3, 0.4) is 0 Å². The van der Waals surface area contributed by atoms with E-state index >= 15 is 0 Å². The van der Waals surface area contributed by atoms with Crippen LogP contribution in [-0.4, -0.2) is 22.6 Å². The first-order valence-corrected chi connectivity index (χ1v) is 8.54. The van der Waals surface area contributed by atoms with E-state index < -0.39 is 0 Å². The molecule has 0 spiro atoms. The molecule has 0 bridgehead atoms. The van der Waals surface area contributed by atoms with Crippen LogP contribution in [0.2, 0.25) is 0 Å². The van der Waals surface area contributed by atoms with Crippen molar-refractivity contribution in [1.29, 1.82) is 0 Å².